The maximum Gasteiger partial charge on any atom is 0.416 e. The smallest absolute Gasteiger partial charge is 0.416 e. The number of rotatable bonds is 6. The summed E-state index contributed by atoms with van der Waals surface area (Å²) in [6.45, 7) is 4.30. The van der Waals surface area contributed by atoms with Crippen molar-refractivity contribution in [3.8, 4) is 5.75 Å². The van der Waals surface area contributed by atoms with E-state index in [0.29, 0.717) is 24.3 Å². The van der Waals surface area contributed by atoms with E-state index in [4.69, 9.17) is 9.47 Å². The Bertz CT molecular complexity index is 457. The van der Waals surface area contributed by atoms with Crippen molar-refractivity contribution < 1.29 is 22.6 Å². The lowest BCUT2D eigenvalue weighted by Crippen LogP contribution is -2.07. The third kappa shape index (κ3) is 3.66. The standard InChI is InChI=1S/C15H19F3O2/c1-3-12-14(20-12)7-5-10-9-11(15(16,17)18)6-8-13(10)19-4-2/h6,8-9,12,14H,3-5,7H2,1-2H3. The topological polar surface area (TPSA) is 21.8 Å². The van der Waals surface area contributed by atoms with Crippen LogP contribution in [0.3, 0.4) is 0 Å². The molecule has 0 aromatic heterocycles. The maximum absolute atomic E-state index is 12.7. The molecule has 112 valence electrons. The van der Waals surface area contributed by atoms with Crippen molar-refractivity contribution in [1.29, 1.82) is 0 Å². The summed E-state index contributed by atoms with van der Waals surface area (Å²) in [5, 5.41) is 0. The summed E-state index contributed by atoms with van der Waals surface area (Å²) in [6, 6.07) is 3.66. The zero-order valence-corrected chi connectivity index (χ0v) is 11.7. The molecule has 20 heavy (non-hydrogen) atoms. The lowest BCUT2D eigenvalue weighted by atomic mass is 10.0. The summed E-state index contributed by atoms with van der Waals surface area (Å²) >= 11 is 0. The van der Waals surface area contributed by atoms with Crippen molar-refractivity contribution >= 4 is 0 Å². The lowest BCUT2D eigenvalue weighted by molar-refractivity contribution is -0.137. The van der Waals surface area contributed by atoms with Gasteiger partial charge in [0, 0.05) is 0 Å². The van der Waals surface area contributed by atoms with Gasteiger partial charge in [0.15, 0.2) is 0 Å². The van der Waals surface area contributed by atoms with E-state index in [9.17, 15) is 13.2 Å². The van der Waals surface area contributed by atoms with Crippen molar-refractivity contribution in [2.24, 2.45) is 0 Å². The molecular weight excluding hydrogens is 269 g/mol. The lowest BCUT2D eigenvalue weighted by Gasteiger charge is -2.13. The predicted octanol–water partition coefficient (Wildman–Crippen LogP) is 4.21. The Morgan fingerprint density at radius 1 is 1.20 bits per heavy atom. The molecule has 0 N–H and O–H groups in total. The monoisotopic (exact) mass is 288 g/mol. The zero-order chi connectivity index (χ0) is 14.8. The van der Waals surface area contributed by atoms with E-state index in [1.54, 1.807) is 0 Å². The summed E-state index contributed by atoms with van der Waals surface area (Å²) in [7, 11) is 0. The Hall–Kier alpha value is -1.23. The minimum atomic E-state index is -4.32. The van der Waals surface area contributed by atoms with Gasteiger partial charge in [-0.25, -0.2) is 0 Å². The third-order valence-corrected chi connectivity index (χ3v) is 3.48. The molecule has 2 rings (SSSR count). The minimum Gasteiger partial charge on any atom is -0.494 e. The molecule has 1 aliphatic rings. The van der Waals surface area contributed by atoms with Gasteiger partial charge in [-0.1, -0.05) is 6.92 Å². The van der Waals surface area contributed by atoms with E-state index in [0.717, 1.165) is 18.9 Å². The van der Waals surface area contributed by atoms with Crippen LogP contribution in [0.5, 0.6) is 5.75 Å². The Morgan fingerprint density at radius 3 is 2.50 bits per heavy atom. The maximum atomic E-state index is 12.7. The second-order valence-corrected chi connectivity index (χ2v) is 4.91. The van der Waals surface area contributed by atoms with Gasteiger partial charge in [-0.15, -0.1) is 0 Å². The van der Waals surface area contributed by atoms with E-state index in [1.807, 2.05) is 13.8 Å². The van der Waals surface area contributed by atoms with E-state index in [-0.39, 0.29) is 12.2 Å². The van der Waals surface area contributed by atoms with Crippen molar-refractivity contribution in [2.75, 3.05) is 6.61 Å². The molecule has 1 heterocycles. The minimum absolute atomic E-state index is 0.184. The molecule has 0 amide bonds. The molecule has 2 nitrogen and oxygen atoms in total. The number of hydrogen-bond donors (Lipinski definition) is 0. The van der Waals surface area contributed by atoms with E-state index in [1.165, 1.54) is 12.1 Å². The van der Waals surface area contributed by atoms with Crippen molar-refractivity contribution in [2.45, 2.75) is 51.5 Å². The van der Waals surface area contributed by atoms with Gasteiger partial charge in [-0.2, -0.15) is 13.2 Å². The van der Waals surface area contributed by atoms with Crippen LogP contribution < -0.4 is 4.74 Å². The number of benzene rings is 1. The average molecular weight is 288 g/mol. The number of hydrogen-bond acceptors (Lipinski definition) is 2. The van der Waals surface area contributed by atoms with Gasteiger partial charge in [-0.05, 0) is 49.9 Å². The molecule has 1 aromatic carbocycles. The molecule has 1 saturated heterocycles. The predicted molar refractivity (Wildman–Crippen MR) is 69.9 cm³/mol. The van der Waals surface area contributed by atoms with Gasteiger partial charge in [0.2, 0.25) is 0 Å². The second kappa shape index (κ2) is 6.04. The zero-order valence-electron chi connectivity index (χ0n) is 11.7. The summed E-state index contributed by atoms with van der Waals surface area (Å²) in [5.74, 6) is 0.536. The number of ether oxygens (including phenoxy) is 2. The summed E-state index contributed by atoms with van der Waals surface area (Å²) in [6.07, 6.45) is -1.63. The van der Waals surface area contributed by atoms with Crippen LogP contribution >= 0.6 is 0 Å². The van der Waals surface area contributed by atoms with E-state index < -0.39 is 11.7 Å². The molecule has 1 aliphatic heterocycles. The Balaban J connectivity index is 2.10. The van der Waals surface area contributed by atoms with Gasteiger partial charge in [0.25, 0.3) is 0 Å². The fraction of sp³-hybridized carbons (Fsp3) is 0.600. The normalized spacial score (nSPS) is 21.9. The van der Waals surface area contributed by atoms with Gasteiger partial charge in [0.05, 0.1) is 24.4 Å². The molecule has 0 radical (unpaired) electrons. The number of epoxide rings is 1. The van der Waals surface area contributed by atoms with Crippen LogP contribution in [-0.4, -0.2) is 18.8 Å². The van der Waals surface area contributed by atoms with Gasteiger partial charge < -0.3 is 9.47 Å². The highest BCUT2D eigenvalue weighted by Gasteiger charge is 2.36. The highest BCUT2D eigenvalue weighted by molar-refractivity contribution is 5.38. The molecule has 0 aliphatic carbocycles. The SMILES string of the molecule is CCOc1ccc(C(F)(F)F)cc1CCC1OC1CC. The van der Waals surface area contributed by atoms with E-state index >= 15 is 0 Å². The molecule has 0 saturated carbocycles. The van der Waals surface area contributed by atoms with Crippen molar-refractivity contribution in [3.05, 3.63) is 29.3 Å². The highest BCUT2D eigenvalue weighted by Crippen LogP contribution is 2.35. The Kier molecular flexibility index (Phi) is 4.58. The quantitative estimate of drug-likeness (QED) is 0.731. The largest absolute Gasteiger partial charge is 0.494 e. The number of aryl methyl sites for hydroxylation is 1. The van der Waals surface area contributed by atoms with Crippen molar-refractivity contribution in [1.82, 2.24) is 0 Å². The van der Waals surface area contributed by atoms with Gasteiger partial charge >= 0.3 is 6.18 Å². The highest BCUT2D eigenvalue weighted by atomic mass is 19.4. The molecular formula is C15H19F3O2. The van der Waals surface area contributed by atoms with Crippen LogP contribution in [-0.2, 0) is 17.3 Å². The first-order valence-electron chi connectivity index (χ1n) is 6.94. The first-order chi connectivity index (χ1) is 9.45. The fourth-order valence-corrected chi connectivity index (χ4v) is 2.34. The fourth-order valence-electron chi connectivity index (χ4n) is 2.34. The van der Waals surface area contributed by atoms with Gasteiger partial charge in [-0.3, -0.25) is 0 Å². The van der Waals surface area contributed by atoms with Crippen LogP contribution in [0, 0.1) is 0 Å². The number of halogens is 3. The third-order valence-electron chi connectivity index (χ3n) is 3.48. The molecule has 5 heteroatoms. The molecule has 2 atom stereocenters. The van der Waals surface area contributed by atoms with Crippen LogP contribution in [0.15, 0.2) is 18.2 Å². The van der Waals surface area contributed by atoms with Crippen molar-refractivity contribution in [3.63, 3.8) is 0 Å². The summed E-state index contributed by atoms with van der Waals surface area (Å²) in [5.41, 5.74) is -0.0215. The van der Waals surface area contributed by atoms with Crippen LogP contribution in [0.4, 0.5) is 13.2 Å². The average Bonchev–Trinajstić information content (AvgIpc) is 3.15. The first-order valence-corrected chi connectivity index (χ1v) is 6.94. The molecule has 1 fully saturated rings. The van der Waals surface area contributed by atoms with Crippen LogP contribution in [0.2, 0.25) is 0 Å². The molecule has 2 unspecified atom stereocenters. The Labute approximate surface area is 116 Å². The molecule has 1 aromatic rings. The molecule has 0 spiro atoms. The summed E-state index contributed by atoms with van der Waals surface area (Å²) in [4.78, 5) is 0. The van der Waals surface area contributed by atoms with Crippen LogP contribution in [0.25, 0.3) is 0 Å². The molecule has 0 bridgehead atoms. The summed E-state index contributed by atoms with van der Waals surface area (Å²) < 4.78 is 49.1. The number of alkyl halides is 3. The second-order valence-electron chi connectivity index (χ2n) is 4.91. The van der Waals surface area contributed by atoms with E-state index in [2.05, 4.69) is 0 Å². The first kappa shape index (κ1) is 15.2. The van der Waals surface area contributed by atoms with Gasteiger partial charge in [0.1, 0.15) is 5.75 Å². The van der Waals surface area contributed by atoms with Crippen LogP contribution in [0.1, 0.15) is 37.8 Å². The Morgan fingerprint density at radius 2 is 1.95 bits per heavy atom.